The molecule has 0 aliphatic carbocycles. The molecule has 0 aliphatic heterocycles. The molecule has 13 heavy (non-hydrogen) atoms. The molecule has 1 aromatic carbocycles. The summed E-state index contributed by atoms with van der Waals surface area (Å²) in [7, 11) is 0. The smallest absolute Gasteiger partial charge is 0.131 e. The van der Waals surface area contributed by atoms with Gasteiger partial charge < -0.3 is 5.73 Å². The minimum Gasteiger partial charge on any atom is -0.398 e. The van der Waals surface area contributed by atoms with Gasteiger partial charge in [0.15, 0.2) is 0 Å². The van der Waals surface area contributed by atoms with Gasteiger partial charge in [-0.2, -0.15) is 0 Å². The lowest BCUT2D eigenvalue weighted by molar-refractivity contribution is 0.631. The van der Waals surface area contributed by atoms with Crippen LogP contribution in [0.5, 0.6) is 0 Å². The van der Waals surface area contributed by atoms with E-state index < -0.39 is 0 Å². The molecule has 66 valence electrons. The molecule has 1 heterocycles. The first-order valence-electron chi connectivity index (χ1n) is 3.85. The lowest BCUT2D eigenvalue weighted by atomic mass is 10.1. The van der Waals surface area contributed by atoms with E-state index in [-0.39, 0.29) is 5.82 Å². The first-order valence-corrected chi connectivity index (χ1v) is 4.80. The summed E-state index contributed by atoms with van der Waals surface area (Å²) in [5, 5.41) is 3.66. The van der Waals surface area contributed by atoms with Gasteiger partial charge in [0.05, 0.1) is 5.69 Å². The second-order valence-corrected chi connectivity index (χ2v) is 3.46. The highest BCUT2D eigenvalue weighted by atomic mass is 32.1. The van der Waals surface area contributed by atoms with E-state index in [2.05, 4.69) is 0 Å². The van der Waals surface area contributed by atoms with Gasteiger partial charge in [0, 0.05) is 21.9 Å². The van der Waals surface area contributed by atoms with Crippen molar-refractivity contribution in [1.82, 2.24) is 0 Å². The Kier molecular flexibility index (Phi) is 2.02. The zero-order chi connectivity index (χ0) is 9.26. The average Bonchev–Trinajstić information content (AvgIpc) is 2.52. The van der Waals surface area contributed by atoms with E-state index in [0.717, 1.165) is 5.56 Å². The molecule has 1 nitrogen and oxygen atoms in total. The fraction of sp³-hybridized carbons (Fsp3) is 0. The molecule has 0 saturated carbocycles. The van der Waals surface area contributed by atoms with E-state index >= 15 is 0 Å². The van der Waals surface area contributed by atoms with Crippen LogP contribution < -0.4 is 5.73 Å². The summed E-state index contributed by atoms with van der Waals surface area (Å²) in [6, 6.07) is 6.64. The average molecular weight is 193 g/mol. The first-order chi connectivity index (χ1) is 6.29. The number of thiophene rings is 1. The van der Waals surface area contributed by atoms with Gasteiger partial charge in [-0.15, -0.1) is 11.3 Å². The van der Waals surface area contributed by atoms with E-state index in [1.165, 1.54) is 17.4 Å². The van der Waals surface area contributed by atoms with Crippen LogP contribution in [0.15, 0.2) is 35.0 Å². The van der Waals surface area contributed by atoms with Crippen LogP contribution in [0.3, 0.4) is 0 Å². The van der Waals surface area contributed by atoms with E-state index in [4.69, 9.17) is 5.73 Å². The predicted octanol–water partition coefficient (Wildman–Crippen LogP) is 3.14. The third-order valence-electron chi connectivity index (χ3n) is 1.86. The van der Waals surface area contributed by atoms with Gasteiger partial charge in [-0.1, -0.05) is 18.2 Å². The van der Waals surface area contributed by atoms with Gasteiger partial charge in [0.25, 0.3) is 0 Å². The van der Waals surface area contributed by atoms with Crippen LogP contribution >= 0.6 is 11.3 Å². The highest BCUT2D eigenvalue weighted by Gasteiger charge is 2.07. The Hall–Kier alpha value is -1.35. The van der Waals surface area contributed by atoms with Gasteiger partial charge in [-0.05, 0) is 6.07 Å². The molecular formula is C10H8FNS. The summed E-state index contributed by atoms with van der Waals surface area (Å²) >= 11 is 1.48. The van der Waals surface area contributed by atoms with Crippen LogP contribution in [-0.4, -0.2) is 0 Å². The summed E-state index contributed by atoms with van der Waals surface area (Å²) in [6.45, 7) is 0. The summed E-state index contributed by atoms with van der Waals surface area (Å²) in [5.41, 5.74) is 7.67. The third kappa shape index (κ3) is 1.42. The van der Waals surface area contributed by atoms with Gasteiger partial charge in [-0.25, -0.2) is 4.39 Å². The number of nitrogens with two attached hydrogens (primary N) is 1. The monoisotopic (exact) mass is 193 g/mol. The van der Waals surface area contributed by atoms with Crippen molar-refractivity contribution >= 4 is 17.0 Å². The van der Waals surface area contributed by atoms with Crippen molar-refractivity contribution in [2.45, 2.75) is 0 Å². The molecular weight excluding hydrogens is 185 g/mol. The van der Waals surface area contributed by atoms with E-state index in [0.29, 0.717) is 11.3 Å². The quantitative estimate of drug-likeness (QED) is 0.739. The molecule has 0 saturated heterocycles. The van der Waals surface area contributed by atoms with Crippen molar-refractivity contribution in [3.8, 4) is 11.1 Å². The molecule has 2 aromatic rings. The zero-order valence-electron chi connectivity index (χ0n) is 6.83. The molecule has 0 atom stereocenters. The Morgan fingerprint density at radius 1 is 1.08 bits per heavy atom. The molecule has 2 rings (SSSR count). The van der Waals surface area contributed by atoms with Crippen LogP contribution in [0.1, 0.15) is 0 Å². The van der Waals surface area contributed by atoms with Crippen LogP contribution in [0.4, 0.5) is 10.1 Å². The van der Waals surface area contributed by atoms with Crippen molar-refractivity contribution in [2.24, 2.45) is 0 Å². The van der Waals surface area contributed by atoms with Crippen LogP contribution in [0.2, 0.25) is 0 Å². The van der Waals surface area contributed by atoms with Gasteiger partial charge in [0.2, 0.25) is 0 Å². The van der Waals surface area contributed by atoms with Crippen molar-refractivity contribution in [1.29, 1.82) is 0 Å². The summed E-state index contributed by atoms with van der Waals surface area (Å²) < 4.78 is 13.3. The van der Waals surface area contributed by atoms with Crippen molar-refractivity contribution < 1.29 is 4.39 Å². The molecule has 2 N–H and O–H groups in total. The van der Waals surface area contributed by atoms with Gasteiger partial charge in [-0.3, -0.25) is 0 Å². The Labute approximate surface area is 79.6 Å². The second kappa shape index (κ2) is 3.18. The Bertz CT molecular complexity index is 422. The van der Waals surface area contributed by atoms with E-state index in [1.54, 1.807) is 18.2 Å². The number of anilines is 1. The number of hydrogen-bond donors (Lipinski definition) is 1. The fourth-order valence-electron chi connectivity index (χ4n) is 1.21. The highest BCUT2D eigenvalue weighted by molar-refractivity contribution is 7.08. The third-order valence-corrected chi connectivity index (χ3v) is 2.62. The summed E-state index contributed by atoms with van der Waals surface area (Å²) in [5.74, 6) is -0.229. The lowest BCUT2D eigenvalue weighted by Crippen LogP contribution is -1.87. The Morgan fingerprint density at radius 2 is 1.85 bits per heavy atom. The molecule has 0 aliphatic rings. The molecule has 0 radical (unpaired) electrons. The highest BCUT2D eigenvalue weighted by Crippen LogP contribution is 2.30. The molecule has 1 aromatic heterocycles. The minimum absolute atomic E-state index is 0.229. The predicted molar refractivity (Wildman–Crippen MR) is 54.1 cm³/mol. The van der Waals surface area contributed by atoms with Crippen molar-refractivity contribution in [3.63, 3.8) is 0 Å². The maximum Gasteiger partial charge on any atom is 0.131 e. The zero-order valence-corrected chi connectivity index (χ0v) is 7.64. The maximum atomic E-state index is 13.3. The fourth-order valence-corrected chi connectivity index (χ4v) is 1.95. The number of hydrogen-bond acceptors (Lipinski definition) is 2. The Morgan fingerprint density at radius 3 is 2.46 bits per heavy atom. The number of rotatable bonds is 1. The summed E-state index contributed by atoms with van der Waals surface area (Å²) in [6.07, 6.45) is 0. The lowest BCUT2D eigenvalue weighted by Gasteiger charge is -2.00. The molecule has 0 spiro atoms. The second-order valence-electron chi connectivity index (χ2n) is 2.72. The van der Waals surface area contributed by atoms with Crippen molar-refractivity contribution in [2.75, 3.05) is 5.73 Å². The molecule has 0 unspecified atom stereocenters. The minimum atomic E-state index is -0.229. The Balaban J connectivity index is 2.59. The van der Waals surface area contributed by atoms with E-state index in [1.807, 2.05) is 10.8 Å². The molecule has 0 bridgehead atoms. The standard InChI is InChI=1S/C10H8FNS/c11-9-4-2-1-3-7(9)8-5-13-6-10(8)12/h1-6H,12H2. The topological polar surface area (TPSA) is 26.0 Å². The van der Waals surface area contributed by atoms with E-state index in [9.17, 15) is 4.39 Å². The van der Waals surface area contributed by atoms with Crippen LogP contribution in [-0.2, 0) is 0 Å². The van der Waals surface area contributed by atoms with Crippen molar-refractivity contribution in [3.05, 3.63) is 40.8 Å². The molecule has 3 heteroatoms. The largest absolute Gasteiger partial charge is 0.398 e. The first kappa shape index (κ1) is 8.26. The molecule has 0 fully saturated rings. The number of benzene rings is 1. The summed E-state index contributed by atoms with van der Waals surface area (Å²) in [4.78, 5) is 0. The molecule has 0 amide bonds. The van der Waals surface area contributed by atoms with Gasteiger partial charge in [0.1, 0.15) is 5.82 Å². The SMILES string of the molecule is Nc1cscc1-c1ccccc1F. The van der Waals surface area contributed by atoms with Crippen LogP contribution in [0, 0.1) is 5.82 Å². The van der Waals surface area contributed by atoms with Crippen LogP contribution in [0.25, 0.3) is 11.1 Å². The maximum absolute atomic E-state index is 13.3. The van der Waals surface area contributed by atoms with Gasteiger partial charge >= 0.3 is 0 Å². The normalized spacial score (nSPS) is 10.2. The number of nitrogen functional groups attached to an aromatic ring is 1. The number of halogens is 1.